The Labute approximate surface area is 95.1 Å². The summed E-state index contributed by atoms with van der Waals surface area (Å²) in [5.74, 6) is -0.256. The number of aliphatic carboxylic acids is 1. The van der Waals surface area contributed by atoms with E-state index >= 15 is 0 Å². The van der Waals surface area contributed by atoms with Gasteiger partial charge in [0, 0.05) is 26.3 Å². The van der Waals surface area contributed by atoms with Gasteiger partial charge < -0.3 is 19.9 Å². The van der Waals surface area contributed by atoms with Gasteiger partial charge in [-0.1, -0.05) is 0 Å². The van der Waals surface area contributed by atoms with Crippen molar-refractivity contribution < 1.29 is 19.4 Å². The third-order valence-electron chi connectivity index (χ3n) is 3.33. The molecule has 2 heterocycles. The second-order valence-corrected chi connectivity index (χ2v) is 4.72. The first-order chi connectivity index (χ1) is 7.70. The van der Waals surface area contributed by atoms with Crippen molar-refractivity contribution in [3.05, 3.63) is 0 Å². The van der Waals surface area contributed by atoms with Crippen LogP contribution in [-0.4, -0.2) is 49.6 Å². The quantitative estimate of drug-likeness (QED) is 0.707. The van der Waals surface area contributed by atoms with Crippen LogP contribution in [0.1, 0.15) is 19.3 Å². The van der Waals surface area contributed by atoms with Gasteiger partial charge in [0.15, 0.2) is 0 Å². The van der Waals surface area contributed by atoms with E-state index in [4.69, 9.17) is 14.6 Å². The fraction of sp³-hybridized carbons (Fsp3) is 0.909. The lowest BCUT2D eigenvalue weighted by Gasteiger charge is -2.42. The summed E-state index contributed by atoms with van der Waals surface area (Å²) in [5.41, 5.74) is -0.454. The maximum Gasteiger partial charge on any atom is 0.306 e. The Bertz CT molecular complexity index is 246. The molecule has 0 spiro atoms. The van der Waals surface area contributed by atoms with E-state index in [1.54, 1.807) is 0 Å². The van der Waals surface area contributed by atoms with Crippen LogP contribution in [0.3, 0.4) is 0 Å². The van der Waals surface area contributed by atoms with Gasteiger partial charge in [-0.2, -0.15) is 0 Å². The molecule has 0 aromatic rings. The summed E-state index contributed by atoms with van der Waals surface area (Å²) in [4.78, 5) is 10.7. The monoisotopic (exact) mass is 229 g/mol. The summed E-state index contributed by atoms with van der Waals surface area (Å²) >= 11 is 0. The molecule has 2 aliphatic rings. The maximum atomic E-state index is 10.7. The lowest BCUT2D eigenvalue weighted by Crippen LogP contribution is -2.62. The van der Waals surface area contributed by atoms with Crippen LogP contribution < -0.4 is 5.32 Å². The Morgan fingerprint density at radius 3 is 2.62 bits per heavy atom. The topological polar surface area (TPSA) is 67.8 Å². The van der Waals surface area contributed by atoms with Crippen LogP contribution in [0.2, 0.25) is 0 Å². The molecule has 0 bridgehead atoms. The van der Waals surface area contributed by atoms with Crippen molar-refractivity contribution in [2.75, 3.05) is 32.9 Å². The van der Waals surface area contributed by atoms with Crippen molar-refractivity contribution in [2.24, 2.45) is 5.92 Å². The van der Waals surface area contributed by atoms with Crippen LogP contribution >= 0.6 is 0 Å². The van der Waals surface area contributed by atoms with Crippen LogP contribution in [-0.2, 0) is 14.3 Å². The Kier molecular flexibility index (Phi) is 3.78. The van der Waals surface area contributed by atoms with E-state index in [1.165, 1.54) is 0 Å². The van der Waals surface area contributed by atoms with Gasteiger partial charge in [0.25, 0.3) is 0 Å². The summed E-state index contributed by atoms with van der Waals surface area (Å²) < 4.78 is 11.1. The van der Waals surface area contributed by atoms with Crippen LogP contribution in [0.15, 0.2) is 0 Å². The molecular weight excluding hydrogens is 210 g/mol. The molecule has 0 radical (unpaired) electrons. The number of hydrogen-bond donors (Lipinski definition) is 2. The molecule has 0 aromatic carbocycles. The second kappa shape index (κ2) is 5.12. The number of ether oxygens (including phenoxy) is 2. The van der Waals surface area contributed by atoms with Gasteiger partial charge in [-0.05, 0) is 18.8 Å². The molecule has 0 saturated carbocycles. The number of carbonyl (C=O) groups is 1. The third-order valence-corrected chi connectivity index (χ3v) is 3.33. The molecule has 5 nitrogen and oxygen atoms in total. The smallest absolute Gasteiger partial charge is 0.306 e. The molecule has 2 N–H and O–H groups in total. The highest BCUT2D eigenvalue weighted by atomic mass is 16.5. The molecule has 16 heavy (non-hydrogen) atoms. The minimum absolute atomic E-state index is 0.100. The van der Waals surface area contributed by atoms with E-state index in [0.717, 1.165) is 26.1 Å². The van der Waals surface area contributed by atoms with Crippen LogP contribution in [0, 0.1) is 5.92 Å². The first-order valence-corrected chi connectivity index (χ1v) is 5.84. The predicted molar refractivity (Wildman–Crippen MR) is 57.3 cm³/mol. The van der Waals surface area contributed by atoms with E-state index < -0.39 is 11.6 Å². The number of nitrogens with one attached hydrogen (secondary N) is 1. The molecule has 5 heteroatoms. The zero-order valence-corrected chi connectivity index (χ0v) is 9.41. The van der Waals surface area contributed by atoms with E-state index in [0.29, 0.717) is 25.6 Å². The lowest BCUT2D eigenvalue weighted by molar-refractivity contribution is -0.153. The van der Waals surface area contributed by atoms with Gasteiger partial charge in [-0.15, -0.1) is 0 Å². The Morgan fingerprint density at radius 1 is 1.44 bits per heavy atom. The minimum Gasteiger partial charge on any atom is -0.481 e. The average molecular weight is 229 g/mol. The van der Waals surface area contributed by atoms with E-state index in [2.05, 4.69) is 5.32 Å². The van der Waals surface area contributed by atoms with E-state index in [9.17, 15) is 4.79 Å². The summed E-state index contributed by atoms with van der Waals surface area (Å²) in [6.45, 7) is 3.58. The summed E-state index contributed by atoms with van der Waals surface area (Å²) in [6, 6.07) is 0. The summed E-state index contributed by atoms with van der Waals surface area (Å²) in [6.07, 6.45) is 2.15. The molecule has 2 aliphatic heterocycles. The number of rotatable bonds is 5. The van der Waals surface area contributed by atoms with Gasteiger partial charge in [0.05, 0.1) is 13.0 Å². The normalized spacial score (nSPS) is 25.0. The molecule has 0 unspecified atom stereocenters. The number of carboxylic acid groups (broad SMARTS) is 1. The minimum atomic E-state index is -0.784. The van der Waals surface area contributed by atoms with Crippen molar-refractivity contribution >= 4 is 5.97 Å². The maximum absolute atomic E-state index is 10.7. The molecule has 0 amide bonds. The molecule has 2 saturated heterocycles. The molecule has 2 rings (SSSR count). The molecular formula is C11H19NO4. The van der Waals surface area contributed by atoms with Gasteiger partial charge in [-0.25, -0.2) is 0 Å². The standard InChI is InChI=1S/C11H19NO4/c13-10(14)5-11(7-12-8-11)16-6-9-1-3-15-4-2-9/h9,12H,1-8H2,(H,13,14). The molecule has 0 atom stereocenters. The van der Waals surface area contributed by atoms with Crippen molar-refractivity contribution in [2.45, 2.75) is 24.9 Å². The number of carboxylic acids is 1. The van der Waals surface area contributed by atoms with Gasteiger partial charge in [-0.3, -0.25) is 4.79 Å². The highest BCUT2D eigenvalue weighted by molar-refractivity contribution is 5.68. The lowest BCUT2D eigenvalue weighted by atomic mass is 9.92. The van der Waals surface area contributed by atoms with Crippen molar-refractivity contribution in [1.82, 2.24) is 5.32 Å². The highest BCUT2D eigenvalue weighted by Gasteiger charge is 2.40. The van der Waals surface area contributed by atoms with Crippen LogP contribution in [0.4, 0.5) is 0 Å². The van der Waals surface area contributed by atoms with E-state index in [1.807, 2.05) is 0 Å². The highest BCUT2D eigenvalue weighted by Crippen LogP contribution is 2.24. The Balaban J connectivity index is 1.75. The largest absolute Gasteiger partial charge is 0.481 e. The molecule has 92 valence electrons. The van der Waals surface area contributed by atoms with Crippen LogP contribution in [0.25, 0.3) is 0 Å². The zero-order valence-electron chi connectivity index (χ0n) is 9.41. The summed E-state index contributed by atoms with van der Waals surface area (Å²) in [5, 5.41) is 11.9. The Hall–Kier alpha value is -0.650. The Morgan fingerprint density at radius 2 is 2.12 bits per heavy atom. The number of hydrogen-bond acceptors (Lipinski definition) is 4. The first kappa shape index (κ1) is 11.8. The van der Waals surface area contributed by atoms with Crippen molar-refractivity contribution in [3.8, 4) is 0 Å². The first-order valence-electron chi connectivity index (χ1n) is 5.84. The van der Waals surface area contributed by atoms with Gasteiger partial charge in [0.1, 0.15) is 5.60 Å². The second-order valence-electron chi connectivity index (χ2n) is 4.72. The molecule has 0 aromatic heterocycles. The fourth-order valence-electron chi connectivity index (χ4n) is 2.17. The molecule has 2 fully saturated rings. The SMILES string of the molecule is O=C(O)CC1(OCC2CCOCC2)CNC1. The van der Waals surface area contributed by atoms with Crippen molar-refractivity contribution in [1.29, 1.82) is 0 Å². The average Bonchev–Trinajstić information content (AvgIpc) is 2.23. The van der Waals surface area contributed by atoms with Crippen molar-refractivity contribution in [3.63, 3.8) is 0 Å². The third kappa shape index (κ3) is 2.93. The fourth-order valence-corrected chi connectivity index (χ4v) is 2.17. The van der Waals surface area contributed by atoms with Crippen LogP contribution in [0.5, 0.6) is 0 Å². The van der Waals surface area contributed by atoms with Gasteiger partial charge >= 0.3 is 5.97 Å². The predicted octanol–water partition coefficient (Wildman–Crippen LogP) is 0.246. The van der Waals surface area contributed by atoms with E-state index in [-0.39, 0.29) is 6.42 Å². The summed E-state index contributed by atoms with van der Waals surface area (Å²) in [7, 11) is 0. The van der Waals surface area contributed by atoms with Gasteiger partial charge in [0.2, 0.25) is 0 Å². The molecule has 0 aliphatic carbocycles. The zero-order chi connectivity index (χ0) is 11.4.